The summed E-state index contributed by atoms with van der Waals surface area (Å²) < 4.78 is 0. The number of carbonyl (C=O) groups excluding carboxylic acids is 2. The van der Waals surface area contributed by atoms with Crippen LogP contribution in [0.3, 0.4) is 0 Å². The summed E-state index contributed by atoms with van der Waals surface area (Å²) >= 11 is 0. The van der Waals surface area contributed by atoms with Gasteiger partial charge in [-0.15, -0.1) is 0 Å². The van der Waals surface area contributed by atoms with E-state index in [4.69, 9.17) is 0 Å². The van der Waals surface area contributed by atoms with Gasteiger partial charge in [0.1, 0.15) is 0 Å². The van der Waals surface area contributed by atoms with Crippen LogP contribution in [0.15, 0.2) is 24.3 Å². The van der Waals surface area contributed by atoms with E-state index in [0.717, 1.165) is 48.0 Å². The zero-order chi connectivity index (χ0) is 16.1. The molecule has 0 unspecified atom stereocenters. The molecule has 0 spiro atoms. The zero-order valence-electron chi connectivity index (χ0n) is 13.6. The lowest BCUT2D eigenvalue weighted by molar-refractivity contribution is 0.0608. The molecule has 4 rings (SSSR count). The van der Waals surface area contributed by atoms with Gasteiger partial charge in [0, 0.05) is 47.2 Å². The number of carbonyl (C=O) groups is 2. The topological polar surface area (TPSA) is 40.4 Å². The Hall–Kier alpha value is -2.36. The van der Waals surface area contributed by atoms with Crippen molar-refractivity contribution >= 4 is 28.3 Å². The molecule has 2 aromatic rings. The minimum absolute atomic E-state index is 0.149. The Balaban J connectivity index is 1.96. The van der Waals surface area contributed by atoms with Crippen molar-refractivity contribution in [1.82, 2.24) is 4.90 Å². The summed E-state index contributed by atoms with van der Waals surface area (Å²) in [5.74, 6) is -0.298. The summed E-state index contributed by atoms with van der Waals surface area (Å²) in [5, 5.41) is 1.91. The van der Waals surface area contributed by atoms with Crippen LogP contribution < -0.4 is 4.90 Å². The van der Waals surface area contributed by atoms with E-state index >= 15 is 0 Å². The fourth-order valence-corrected chi connectivity index (χ4v) is 3.46. The number of unbranched alkanes of at least 4 members (excludes halogenated alkanes) is 1. The second kappa shape index (κ2) is 5.08. The Bertz CT molecular complexity index is 815. The first-order chi connectivity index (χ1) is 11.1. The third kappa shape index (κ3) is 2.05. The number of nitrogens with zero attached hydrogens (tertiary/aromatic N) is 2. The minimum Gasteiger partial charge on any atom is -0.367 e. The van der Waals surface area contributed by atoms with E-state index in [-0.39, 0.29) is 11.8 Å². The van der Waals surface area contributed by atoms with Gasteiger partial charge in [-0.05, 0) is 37.1 Å². The van der Waals surface area contributed by atoms with Crippen LogP contribution in [0.25, 0.3) is 10.8 Å². The fourth-order valence-electron chi connectivity index (χ4n) is 3.46. The lowest BCUT2D eigenvalue weighted by Gasteiger charge is -2.28. The van der Waals surface area contributed by atoms with Crippen LogP contribution in [0, 0.1) is 6.92 Å². The SMILES string of the molecule is CCCCN1C(=O)c2ccc(C)c3c(N4CC4)ccc(c23)C1=O. The molecule has 0 aliphatic carbocycles. The first kappa shape index (κ1) is 14.2. The van der Waals surface area contributed by atoms with Gasteiger partial charge in [0.25, 0.3) is 11.8 Å². The van der Waals surface area contributed by atoms with Crippen molar-refractivity contribution in [3.8, 4) is 0 Å². The number of amides is 2. The Morgan fingerprint density at radius 3 is 2.22 bits per heavy atom. The van der Waals surface area contributed by atoms with E-state index in [9.17, 15) is 9.59 Å². The maximum absolute atomic E-state index is 12.8. The molecule has 0 bridgehead atoms. The molecule has 2 heterocycles. The maximum Gasteiger partial charge on any atom is 0.261 e. The molecule has 2 aliphatic rings. The van der Waals surface area contributed by atoms with Crippen molar-refractivity contribution in [2.45, 2.75) is 26.7 Å². The quantitative estimate of drug-likeness (QED) is 0.642. The van der Waals surface area contributed by atoms with Crippen LogP contribution >= 0.6 is 0 Å². The third-order valence-electron chi connectivity index (χ3n) is 4.82. The number of benzene rings is 2. The number of aryl methyl sites for hydroxylation is 1. The molecule has 0 saturated carbocycles. The van der Waals surface area contributed by atoms with Crippen molar-refractivity contribution in [2.75, 3.05) is 24.5 Å². The Morgan fingerprint density at radius 2 is 1.61 bits per heavy atom. The summed E-state index contributed by atoms with van der Waals surface area (Å²) in [6, 6.07) is 7.81. The molecule has 118 valence electrons. The molecule has 0 aromatic heterocycles. The highest BCUT2D eigenvalue weighted by Gasteiger charge is 2.34. The van der Waals surface area contributed by atoms with Gasteiger partial charge in [-0.3, -0.25) is 14.5 Å². The van der Waals surface area contributed by atoms with Gasteiger partial charge in [0.15, 0.2) is 0 Å². The molecule has 0 atom stereocenters. The lowest BCUT2D eigenvalue weighted by Crippen LogP contribution is -2.40. The van der Waals surface area contributed by atoms with Crippen molar-refractivity contribution in [1.29, 1.82) is 0 Å². The highest BCUT2D eigenvalue weighted by atomic mass is 16.2. The fraction of sp³-hybridized carbons (Fsp3) is 0.368. The summed E-state index contributed by atoms with van der Waals surface area (Å²) in [6.45, 7) is 6.70. The van der Waals surface area contributed by atoms with Crippen LogP contribution in [0.4, 0.5) is 5.69 Å². The van der Waals surface area contributed by atoms with Crippen molar-refractivity contribution in [3.63, 3.8) is 0 Å². The smallest absolute Gasteiger partial charge is 0.261 e. The van der Waals surface area contributed by atoms with E-state index in [1.807, 2.05) is 31.2 Å². The van der Waals surface area contributed by atoms with E-state index in [2.05, 4.69) is 11.8 Å². The third-order valence-corrected chi connectivity index (χ3v) is 4.82. The molecule has 2 amide bonds. The summed E-state index contributed by atoms with van der Waals surface area (Å²) in [5.41, 5.74) is 3.60. The molecule has 1 saturated heterocycles. The second-order valence-corrected chi connectivity index (χ2v) is 6.41. The van der Waals surface area contributed by atoms with Crippen LogP contribution in [0.5, 0.6) is 0 Å². The molecule has 2 aliphatic heterocycles. The Kier molecular flexibility index (Phi) is 3.15. The van der Waals surface area contributed by atoms with Crippen LogP contribution in [-0.2, 0) is 0 Å². The molecular formula is C19H20N2O2. The second-order valence-electron chi connectivity index (χ2n) is 6.41. The van der Waals surface area contributed by atoms with E-state index in [1.54, 1.807) is 0 Å². The average Bonchev–Trinajstić information content (AvgIpc) is 3.38. The molecule has 2 aromatic carbocycles. The number of imide groups is 1. The van der Waals surface area contributed by atoms with E-state index in [1.165, 1.54) is 4.90 Å². The summed E-state index contributed by atoms with van der Waals surface area (Å²) in [7, 11) is 0. The average molecular weight is 308 g/mol. The minimum atomic E-state index is -0.149. The molecule has 4 heteroatoms. The molecule has 1 fully saturated rings. The van der Waals surface area contributed by atoms with Crippen LogP contribution in [-0.4, -0.2) is 36.3 Å². The van der Waals surface area contributed by atoms with Gasteiger partial charge in [-0.1, -0.05) is 19.4 Å². The maximum atomic E-state index is 12.8. The molecule has 4 nitrogen and oxygen atoms in total. The van der Waals surface area contributed by atoms with Crippen LogP contribution in [0.2, 0.25) is 0 Å². The zero-order valence-corrected chi connectivity index (χ0v) is 13.6. The predicted molar refractivity (Wildman–Crippen MR) is 91.2 cm³/mol. The van der Waals surface area contributed by atoms with Crippen molar-refractivity contribution in [2.24, 2.45) is 0 Å². The summed E-state index contributed by atoms with van der Waals surface area (Å²) in [4.78, 5) is 29.3. The van der Waals surface area contributed by atoms with Gasteiger partial charge in [0.05, 0.1) is 0 Å². The van der Waals surface area contributed by atoms with Gasteiger partial charge >= 0.3 is 0 Å². The first-order valence-electron chi connectivity index (χ1n) is 8.31. The standard InChI is InChI=1S/C19H20N2O2/c1-3-4-9-21-18(22)13-6-5-12(2)16-15(20-10-11-20)8-7-14(17(13)16)19(21)23/h5-8H,3-4,9-11H2,1-2H3. The van der Waals surface area contributed by atoms with Gasteiger partial charge in [0.2, 0.25) is 0 Å². The largest absolute Gasteiger partial charge is 0.367 e. The molecule has 0 N–H and O–H groups in total. The van der Waals surface area contributed by atoms with Crippen molar-refractivity contribution in [3.05, 3.63) is 41.0 Å². The molecule has 0 radical (unpaired) electrons. The normalized spacial score (nSPS) is 16.4. The van der Waals surface area contributed by atoms with Gasteiger partial charge < -0.3 is 4.90 Å². The van der Waals surface area contributed by atoms with Gasteiger partial charge in [-0.25, -0.2) is 0 Å². The van der Waals surface area contributed by atoms with E-state index < -0.39 is 0 Å². The summed E-state index contributed by atoms with van der Waals surface area (Å²) in [6.07, 6.45) is 1.80. The monoisotopic (exact) mass is 308 g/mol. The predicted octanol–water partition coefficient (Wildman–Crippen LogP) is 3.36. The lowest BCUT2D eigenvalue weighted by atomic mass is 9.90. The van der Waals surface area contributed by atoms with Crippen LogP contribution in [0.1, 0.15) is 46.0 Å². The van der Waals surface area contributed by atoms with Crippen molar-refractivity contribution < 1.29 is 9.59 Å². The highest BCUT2D eigenvalue weighted by molar-refractivity contribution is 6.27. The number of hydrogen-bond donors (Lipinski definition) is 0. The number of hydrogen-bond acceptors (Lipinski definition) is 3. The molecular weight excluding hydrogens is 288 g/mol. The molecule has 23 heavy (non-hydrogen) atoms. The first-order valence-corrected chi connectivity index (χ1v) is 8.31. The number of rotatable bonds is 4. The Labute approximate surface area is 135 Å². The highest BCUT2D eigenvalue weighted by Crippen LogP contribution is 2.39. The van der Waals surface area contributed by atoms with E-state index in [0.29, 0.717) is 17.7 Å². The number of anilines is 1. The Morgan fingerprint density at radius 1 is 0.957 bits per heavy atom. The van der Waals surface area contributed by atoms with Gasteiger partial charge in [-0.2, -0.15) is 0 Å².